The molecule has 0 aliphatic rings. The Morgan fingerprint density at radius 3 is 2.31 bits per heavy atom. The summed E-state index contributed by atoms with van der Waals surface area (Å²) >= 11 is 0. The molecule has 7 heteroatoms. The lowest BCUT2D eigenvalue weighted by Gasteiger charge is -2.19. The second kappa shape index (κ2) is 5.34. The van der Waals surface area contributed by atoms with Crippen molar-refractivity contribution in [2.45, 2.75) is 13.3 Å². The van der Waals surface area contributed by atoms with E-state index in [4.69, 9.17) is 14.9 Å². The van der Waals surface area contributed by atoms with Crippen LogP contribution >= 0.6 is 7.60 Å². The minimum atomic E-state index is -4.15. The Bertz CT molecular complexity index is 213. The van der Waals surface area contributed by atoms with Gasteiger partial charge in [0.25, 0.3) is 0 Å². The Labute approximate surface area is 76.3 Å². The Morgan fingerprint density at radius 1 is 1.46 bits per heavy atom. The fraction of sp³-hybridized carbons (Fsp3) is 0.833. The predicted molar refractivity (Wildman–Crippen MR) is 46.4 cm³/mol. The third-order valence-electron chi connectivity index (χ3n) is 1.28. The fourth-order valence-corrected chi connectivity index (χ4v) is 1.73. The minimum absolute atomic E-state index is 0.334. The van der Waals surface area contributed by atoms with E-state index in [9.17, 15) is 9.36 Å². The molecule has 0 atom stereocenters. The third kappa shape index (κ3) is 7.93. The summed E-state index contributed by atoms with van der Waals surface area (Å²) in [6.07, 6.45) is 0.167. The van der Waals surface area contributed by atoms with Gasteiger partial charge >= 0.3 is 13.6 Å². The molecule has 0 unspecified atom stereocenters. The first kappa shape index (κ1) is 12.6. The number of rotatable bonds is 6. The van der Waals surface area contributed by atoms with Gasteiger partial charge < -0.3 is 14.9 Å². The van der Waals surface area contributed by atoms with Crippen LogP contribution in [0.5, 0.6) is 0 Å². The number of carbonyl (C=O) groups is 1. The van der Waals surface area contributed by atoms with E-state index in [-0.39, 0.29) is 6.54 Å². The lowest BCUT2D eigenvalue weighted by Crippen LogP contribution is -2.31. The maximum absolute atomic E-state index is 10.6. The van der Waals surface area contributed by atoms with Crippen molar-refractivity contribution in [2.24, 2.45) is 0 Å². The molecule has 0 heterocycles. The van der Waals surface area contributed by atoms with Crippen molar-refractivity contribution >= 4 is 13.6 Å². The minimum Gasteiger partial charge on any atom is -0.480 e. The van der Waals surface area contributed by atoms with Crippen molar-refractivity contribution in [2.75, 3.05) is 19.4 Å². The summed E-state index contributed by atoms with van der Waals surface area (Å²) < 4.78 is 10.6. The maximum atomic E-state index is 10.6. The topological polar surface area (TPSA) is 98.1 Å². The molecule has 0 radical (unpaired) electrons. The Balaban J connectivity index is 4.09. The standard InChI is InChI=1S/C6H14NO5P/c1-2-3-7(4-6(8)9)5-13(10,11)12/h2-5H2,1H3,(H,8,9)(H2,10,11,12). The monoisotopic (exact) mass is 211 g/mol. The Hall–Kier alpha value is -0.420. The molecule has 78 valence electrons. The number of hydrogen-bond acceptors (Lipinski definition) is 3. The van der Waals surface area contributed by atoms with Crippen molar-refractivity contribution < 1.29 is 24.3 Å². The van der Waals surface area contributed by atoms with Gasteiger partial charge in [-0.1, -0.05) is 6.92 Å². The molecular formula is C6H14NO5P. The third-order valence-corrected chi connectivity index (χ3v) is 2.05. The van der Waals surface area contributed by atoms with Gasteiger partial charge in [-0.05, 0) is 13.0 Å². The summed E-state index contributed by atoms with van der Waals surface area (Å²) in [4.78, 5) is 28.7. The summed E-state index contributed by atoms with van der Waals surface area (Å²) in [7, 11) is -4.15. The first-order valence-electron chi connectivity index (χ1n) is 3.84. The second-order valence-electron chi connectivity index (χ2n) is 2.75. The van der Waals surface area contributed by atoms with Gasteiger partial charge in [0.2, 0.25) is 0 Å². The number of hydrogen-bond donors (Lipinski definition) is 3. The molecule has 6 nitrogen and oxygen atoms in total. The van der Waals surface area contributed by atoms with E-state index in [1.807, 2.05) is 6.92 Å². The van der Waals surface area contributed by atoms with E-state index in [2.05, 4.69) is 0 Å². The number of carboxylic acid groups (broad SMARTS) is 1. The number of nitrogens with zero attached hydrogens (tertiary/aromatic N) is 1. The number of aliphatic carboxylic acids is 1. The average molecular weight is 211 g/mol. The summed E-state index contributed by atoms with van der Waals surface area (Å²) in [5.41, 5.74) is 0. The van der Waals surface area contributed by atoms with Gasteiger partial charge in [-0.25, -0.2) is 0 Å². The lowest BCUT2D eigenvalue weighted by atomic mass is 10.4. The van der Waals surface area contributed by atoms with Gasteiger partial charge in [-0.3, -0.25) is 14.3 Å². The molecule has 0 aromatic heterocycles. The van der Waals surface area contributed by atoms with Crippen LogP contribution in [0.1, 0.15) is 13.3 Å². The van der Waals surface area contributed by atoms with Crippen LogP contribution in [0, 0.1) is 0 Å². The van der Waals surface area contributed by atoms with Crippen molar-refractivity contribution in [3.63, 3.8) is 0 Å². The van der Waals surface area contributed by atoms with Crippen molar-refractivity contribution in [1.29, 1.82) is 0 Å². The molecule has 0 aromatic rings. The molecule has 0 bridgehead atoms. The smallest absolute Gasteiger partial charge is 0.339 e. The Kier molecular flexibility index (Phi) is 5.17. The molecule has 0 aliphatic carbocycles. The van der Waals surface area contributed by atoms with E-state index < -0.39 is 19.9 Å². The van der Waals surface area contributed by atoms with Crippen LogP contribution in [-0.2, 0) is 9.36 Å². The van der Waals surface area contributed by atoms with Crippen LogP contribution in [0.2, 0.25) is 0 Å². The summed E-state index contributed by atoms with van der Waals surface area (Å²) in [5.74, 6) is -1.08. The zero-order chi connectivity index (χ0) is 10.5. The van der Waals surface area contributed by atoms with Gasteiger partial charge in [0.15, 0.2) is 0 Å². The average Bonchev–Trinajstić information content (AvgIpc) is 1.81. The molecule has 0 fully saturated rings. The van der Waals surface area contributed by atoms with Crippen molar-refractivity contribution in [3.05, 3.63) is 0 Å². The highest BCUT2D eigenvalue weighted by atomic mass is 31.2. The highest BCUT2D eigenvalue weighted by Crippen LogP contribution is 2.34. The van der Waals surface area contributed by atoms with Crippen molar-refractivity contribution in [3.8, 4) is 0 Å². The van der Waals surface area contributed by atoms with Gasteiger partial charge in [0.05, 0.1) is 6.54 Å². The summed E-state index contributed by atoms with van der Waals surface area (Å²) in [6, 6.07) is 0. The van der Waals surface area contributed by atoms with Crippen molar-refractivity contribution in [1.82, 2.24) is 4.90 Å². The molecule has 13 heavy (non-hydrogen) atoms. The zero-order valence-corrected chi connectivity index (χ0v) is 8.28. The van der Waals surface area contributed by atoms with Gasteiger partial charge in [-0.2, -0.15) is 0 Å². The van der Waals surface area contributed by atoms with Crippen LogP contribution in [0.3, 0.4) is 0 Å². The lowest BCUT2D eigenvalue weighted by molar-refractivity contribution is -0.138. The van der Waals surface area contributed by atoms with Gasteiger partial charge in [-0.15, -0.1) is 0 Å². The predicted octanol–water partition coefficient (Wildman–Crippen LogP) is -0.0818. The molecule has 0 saturated carbocycles. The quantitative estimate of drug-likeness (QED) is 0.531. The van der Waals surface area contributed by atoms with Crippen LogP contribution < -0.4 is 0 Å². The van der Waals surface area contributed by atoms with E-state index in [1.165, 1.54) is 4.90 Å². The van der Waals surface area contributed by atoms with E-state index in [1.54, 1.807) is 0 Å². The molecule has 0 aromatic carbocycles. The molecule has 0 aliphatic heterocycles. The normalized spacial score (nSPS) is 12.0. The first-order valence-corrected chi connectivity index (χ1v) is 5.63. The molecule has 0 amide bonds. The highest BCUT2D eigenvalue weighted by molar-refractivity contribution is 7.51. The van der Waals surface area contributed by atoms with E-state index >= 15 is 0 Å². The largest absolute Gasteiger partial charge is 0.480 e. The zero-order valence-electron chi connectivity index (χ0n) is 7.38. The van der Waals surface area contributed by atoms with E-state index in [0.717, 1.165) is 0 Å². The molecule has 3 N–H and O–H groups in total. The van der Waals surface area contributed by atoms with Crippen LogP contribution in [0.25, 0.3) is 0 Å². The summed E-state index contributed by atoms with van der Waals surface area (Å²) in [5, 5.41) is 8.41. The number of carboxylic acids is 1. The second-order valence-corrected chi connectivity index (χ2v) is 4.36. The molecule has 0 rings (SSSR count). The fourth-order valence-electron chi connectivity index (χ4n) is 0.968. The molecular weight excluding hydrogens is 197 g/mol. The maximum Gasteiger partial charge on any atom is 0.339 e. The van der Waals surface area contributed by atoms with Gasteiger partial charge in [0, 0.05) is 0 Å². The highest BCUT2D eigenvalue weighted by Gasteiger charge is 2.20. The van der Waals surface area contributed by atoms with Crippen LogP contribution in [0.4, 0.5) is 0 Å². The Morgan fingerprint density at radius 2 is 2.00 bits per heavy atom. The van der Waals surface area contributed by atoms with E-state index in [0.29, 0.717) is 13.0 Å². The molecule has 0 saturated heterocycles. The first-order chi connectivity index (χ1) is 5.85. The summed E-state index contributed by atoms with van der Waals surface area (Å²) in [6.45, 7) is 1.85. The van der Waals surface area contributed by atoms with Gasteiger partial charge in [0.1, 0.15) is 6.29 Å². The molecule has 0 spiro atoms. The van der Waals surface area contributed by atoms with Crippen LogP contribution in [-0.4, -0.2) is 45.1 Å². The SMILES string of the molecule is CCCN(CC(=O)O)CP(=O)(O)O. The van der Waals surface area contributed by atoms with Crippen LogP contribution in [0.15, 0.2) is 0 Å².